The lowest BCUT2D eigenvalue weighted by Crippen LogP contribution is -2.64. The van der Waals surface area contributed by atoms with Crippen LogP contribution < -0.4 is 10.4 Å². The predicted octanol–water partition coefficient (Wildman–Crippen LogP) is 4.64. The lowest BCUT2D eigenvalue weighted by Gasteiger charge is -2.44. The Morgan fingerprint density at radius 2 is 0.821 bits per heavy atom. The molecule has 0 aliphatic heterocycles. The topological polar surface area (TPSA) is 6.48 Å². The molecule has 2 atom stereocenters. The SMILES string of the molecule is CCN(CC)[Si](C)(CC[Si](C)(c1ccccc1)N(CC)CC)c1ccccc1. The van der Waals surface area contributed by atoms with Gasteiger partial charge in [-0.25, -0.2) is 0 Å². The van der Waals surface area contributed by atoms with Crippen LogP contribution in [0.5, 0.6) is 0 Å². The predicted molar refractivity (Wildman–Crippen MR) is 131 cm³/mol. The van der Waals surface area contributed by atoms with Gasteiger partial charge in [0, 0.05) is 0 Å². The van der Waals surface area contributed by atoms with Gasteiger partial charge in [-0.3, -0.25) is 0 Å². The van der Waals surface area contributed by atoms with Crippen molar-refractivity contribution in [1.82, 2.24) is 9.13 Å². The summed E-state index contributed by atoms with van der Waals surface area (Å²) < 4.78 is 5.56. The van der Waals surface area contributed by atoms with Crippen LogP contribution in [0.3, 0.4) is 0 Å². The monoisotopic (exact) mass is 412 g/mol. The summed E-state index contributed by atoms with van der Waals surface area (Å²) in [5.74, 6) is 0. The largest absolute Gasteiger partial charge is 0.321 e. The van der Waals surface area contributed by atoms with Gasteiger partial charge in [0.15, 0.2) is 16.5 Å². The van der Waals surface area contributed by atoms with Crippen molar-refractivity contribution in [3.05, 3.63) is 60.7 Å². The van der Waals surface area contributed by atoms with Crippen LogP contribution in [0.2, 0.25) is 25.2 Å². The summed E-state index contributed by atoms with van der Waals surface area (Å²) in [6, 6.07) is 25.4. The summed E-state index contributed by atoms with van der Waals surface area (Å²) in [6.45, 7) is 19.1. The van der Waals surface area contributed by atoms with E-state index in [1.54, 1.807) is 10.4 Å². The molecule has 0 saturated carbocycles. The smallest absolute Gasteiger partial charge is 0.157 e. The molecule has 0 amide bonds. The van der Waals surface area contributed by atoms with E-state index in [9.17, 15) is 0 Å². The quantitative estimate of drug-likeness (QED) is 0.496. The van der Waals surface area contributed by atoms with Crippen LogP contribution in [-0.4, -0.2) is 51.8 Å². The Morgan fingerprint density at radius 1 is 0.536 bits per heavy atom. The highest BCUT2D eigenvalue weighted by Gasteiger charge is 2.41. The van der Waals surface area contributed by atoms with Gasteiger partial charge in [-0.2, -0.15) is 0 Å². The van der Waals surface area contributed by atoms with E-state index >= 15 is 0 Å². The molecule has 2 nitrogen and oxygen atoms in total. The van der Waals surface area contributed by atoms with Gasteiger partial charge in [0.05, 0.1) is 0 Å². The van der Waals surface area contributed by atoms with Gasteiger partial charge in [-0.1, -0.05) is 101 Å². The van der Waals surface area contributed by atoms with Gasteiger partial charge >= 0.3 is 0 Å². The number of nitrogens with zero attached hydrogens (tertiary/aromatic N) is 2. The normalized spacial score (nSPS) is 16.1. The molecule has 0 spiro atoms. The second-order valence-corrected chi connectivity index (χ2v) is 16.6. The summed E-state index contributed by atoms with van der Waals surface area (Å²) in [5, 5.41) is 3.17. The van der Waals surface area contributed by atoms with Gasteiger partial charge < -0.3 is 9.13 Å². The molecule has 2 rings (SSSR count). The lowest BCUT2D eigenvalue weighted by molar-refractivity contribution is 0.461. The van der Waals surface area contributed by atoms with E-state index in [4.69, 9.17) is 0 Å². The van der Waals surface area contributed by atoms with Gasteiger partial charge in [0.2, 0.25) is 0 Å². The van der Waals surface area contributed by atoms with Crippen LogP contribution in [-0.2, 0) is 0 Å². The van der Waals surface area contributed by atoms with Crippen molar-refractivity contribution < 1.29 is 0 Å². The fourth-order valence-corrected chi connectivity index (χ4v) is 15.3. The van der Waals surface area contributed by atoms with Crippen molar-refractivity contribution in [2.75, 3.05) is 26.2 Å². The fourth-order valence-electron chi connectivity index (χ4n) is 4.89. The van der Waals surface area contributed by atoms with Crippen LogP contribution in [0.15, 0.2) is 60.7 Å². The molecule has 0 heterocycles. The number of hydrogen-bond acceptors (Lipinski definition) is 2. The molecule has 4 heteroatoms. The van der Waals surface area contributed by atoms with Crippen molar-refractivity contribution in [2.24, 2.45) is 0 Å². The molecule has 2 unspecified atom stereocenters. The molecule has 0 aromatic heterocycles. The Hall–Kier alpha value is -1.21. The molecule has 0 radical (unpaired) electrons. The first-order valence-electron chi connectivity index (χ1n) is 11.1. The molecule has 0 aliphatic rings. The summed E-state index contributed by atoms with van der Waals surface area (Å²) in [7, 11) is -3.46. The Bertz CT molecular complexity index is 625. The van der Waals surface area contributed by atoms with E-state index in [2.05, 4.69) is 111 Å². The average Bonchev–Trinajstić information content (AvgIpc) is 2.75. The summed E-state index contributed by atoms with van der Waals surface area (Å²) in [4.78, 5) is 0. The third-order valence-corrected chi connectivity index (χ3v) is 17.0. The van der Waals surface area contributed by atoms with E-state index in [-0.39, 0.29) is 0 Å². The van der Waals surface area contributed by atoms with E-state index in [0.29, 0.717) is 0 Å². The second kappa shape index (κ2) is 10.5. The van der Waals surface area contributed by atoms with Crippen molar-refractivity contribution in [3.8, 4) is 0 Å². The minimum absolute atomic E-state index is 1.14. The second-order valence-electron chi connectivity index (χ2n) is 8.12. The third kappa shape index (κ3) is 4.85. The van der Waals surface area contributed by atoms with Crippen molar-refractivity contribution in [3.63, 3.8) is 0 Å². The van der Waals surface area contributed by atoms with Gasteiger partial charge in [-0.15, -0.1) is 0 Å². The Balaban J connectivity index is 2.42. The molecule has 2 aromatic rings. The molecule has 0 aliphatic carbocycles. The average molecular weight is 413 g/mol. The number of hydrogen-bond donors (Lipinski definition) is 0. The van der Waals surface area contributed by atoms with Crippen LogP contribution in [0, 0.1) is 0 Å². The zero-order chi connectivity index (χ0) is 20.6. The van der Waals surface area contributed by atoms with E-state index in [1.165, 1.54) is 12.1 Å². The third-order valence-electron chi connectivity index (χ3n) is 6.81. The highest BCUT2D eigenvalue weighted by atomic mass is 28.3. The van der Waals surface area contributed by atoms with Crippen LogP contribution >= 0.6 is 0 Å². The fraction of sp³-hybridized carbons (Fsp3) is 0.500. The Kier molecular flexibility index (Phi) is 8.68. The molecule has 154 valence electrons. The zero-order valence-electron chi connectivity index (χ0n) is 18.9. The molecular weight excluding hydrogens is 372 g/mol. The maximum Gasteiger partial charge on any atom is 0.157 e. The van der Waals surface area contributed by atoms with Crippen molar-refractivity contribution >= 4 is 26.8 Å². The summed E-state index contributed by atoms with van der Waals surface area (Å²) in [5.41, 5.74) is 0. The first-order valence-corrected chi connectivity index (χ1v) is 16.4. The van der Waals surface area contributed by atoms with Gasteiger partial charge in [-0.05, 0) is 48.6 Å². The maximum absolute atomic E-state index is 2.78. The molecule has 0 fully saturated rings. The first kappa shape index (κ1) is 23.1. The van der Waals surface area contributed by atoms with Crippen molar-refractivity contribution in [1.29, 1.82) is 0 Å². The van der Waals surface area contributed by atoms with E-state index in [0.717, 1.165) is 26.2 Å². The lowest BCUT2D eigenvalue weighted by atomic mass is 10.4. The van der Waals surface area contributed by atoms with Gasteiger partial charge in [0.1, 0.15) is 0 Å². The molecule has 2 aromatic carbocycles. The first-order chi connectivity index (χ1) is 13.5. The molecule has 0 saturated heterocycles. The van der Waals surface area contributed by atoms with E-state index in [1.807, 2.05) is 0 Å². The minimum Gasteiger partial charge on any atom is -0.321 e. The van der Waals surface area contributed by atoms with E-state index < -0.39 is 16.5 Å². The molecule has 0 N–H and O–H groups in total. The van der Waals surface area contributed by atoms with Crippen LogP contribution in [0.1, 0.15) is 27.7 Å². The van der Waals surface area contributed by atoms with Crippen LogP contribution in [0.25, 0.3) is 0 Å². The Morgan fingerprint density at radius 3 is 1.07 bits per heavy atom. The maximum atomic E-state index is 2.78. The summed E-state index contributed by atoms with van der Waals surface area (Å²) >= 11 is 0. The Labute approximate surface area is 175 Å². The molecular formula is C24H40N2Si2. The highest BCUT2D eigenvalue weighted by molar-refractivity contribution is 6.93. The molecule has 0 bridgehead atoms. The minimum atomic E-state index is -1.73. The standard InChI is InChI=1S/C24H40N2Si2/c1-7-25(8-2)27(5,23-17-13-11-14-18-23)21-22-28(6,26(9-3)10-4)24-19-15-12-16-20-24/h11-20H,7-10,21-22H2,1-6H3. The summed E-state index contributed by atoms with van der Waals surface area (Å²) in [6.07, 6.45) is 0. The number of benzene rings is 2. The van der Waals surface area contributed by atoms with Crippen LogP contribution in [0.4, 0.5) is 0 Å². The van der Waals surface area contributed by atoms with Gasteiger partial charge in [0.25, 0.3) is 0 Å². The number of rotatable bonds is 11. The van der Waals surface area contributed by atoms with Crippen molar-refractivity contribution in [2.45, 2.75) is 52.9 Å². The zero-order valence-corrected chi connectivity index (χ0v) is 20.9. The highest BCUT2D eigenvalue weighted by Crippen LogP contribution is 2.26. The molecule has 28 heavy (non-hydrogen) atoms.